The zero-order chi connectivity index (χ0) is 13.8. The van der Waals surface area contributed by atoms with Crippen molar-refractivity contribution in [2.75, 3.05) is 7.11 Å². The number of hydrogen-bond donors (Lipinski definition) is 1. The molecule has 1 aromatic carbocycles. The lowest BCUT2D eigenvalue weighted by Gasteiger charge is -2.16. The Morgan fingerprint density at radius 1 is 1.33 bits per heavy atom. The van der Waals surface area contributed by atoms with E-state index in [0.717, 1.165) is 0 Å². The van der Waals surface area contributed by atoms with Crippen molar-refractivity contribution in [2.45, 2.75) is 26.4 Å². The van der Waals surface area contributed by atoms with E-state index in [4.69, 9.17) is 9.47 Å². The van der Waals surface area contributed by atoms with Crippen LogP contribution < -0.4 is 4.74 Å². The zero-order valence-electron chi connectivity index (χ0n) is 10.9. The third-order valence-electron chi connectivity index (χ3n) is 1.88. The van der Waals surface area contributed by atoms with Crippen LogP contribution in [0.1, 0.15) is 26.3 Å². The number of carbonyl (C=O) groups is 1. The number of phenols is 1. The normalized spacial score (nSPS) is 10.2. The summed E-state index contributed by atoms with van der Waals surface area (Å²) in [5, 5.41) is 9.35. The number of esters is 1. The summed E-state index contributed by atoms with van der Waals surface area (Å²) in [7, 11) is 1.49. The van der Waals surface area contributed by atoms with Crippen LogP contribution in [0, 0.1) is 11.8 Å². The highest BCUT2D eigenvalue weighted by Gasteiger charge is 2.14. The molecular weight excluding hydrogens is 232 g/mol. The second kappa shape index (κ2) is 5.46. The van der Waals surface area contributed by atoms with Crippen molar-refractivity contribution in [3.05, 3.63) is 23.8 Å². The molecule has 0 spiro atoms. The maximum absolute atomic E-state index is 11.4. The summed E-state index contributed by atoms with van der Waals surface area (Å²) < 4.78 is 10.1. The van der Waals surface area contributed by atoms with Crippen molar-refractivity contribution < 1.29 is 19.4 Å². The van der Waals surface area contributed by atoms with Gasteiger partial charge in [0, 0.05) is 5.92 Å². The van der Waals surface area contributed by atoms with Gasteiger partial charge in [0.15, 0.2) is 0 Å². The zero-order valence-corrected chi connectivity index (χ0v) is 10.9. The first kappa shape index (κ1) is 13.9. The molecule has 0 aliphatic carbocycles. The van der Waals surface area contributed by atoms with Crippen molar-refractivity contribution in [1.29, 1.82) is 0 Å². The van der Waals surface area contributed by atoms with Gasteiger partial charge >= 0.3 is 5.97 Å². The number of rotatable bonds is 1. The number of carbonyl (C=O) groups excluding carboxylic acids is 1. The fourth-order valence-electron chi connectivity index (χ4n) is 1.22. The van der Waals surface area contributed by atoms with E-state index in [1.54, 1.807) is 26.8 Å². The summed E-state index contributed by atoms with van der Waals surface area (Å²) in [5.74, 6) is 4.90. The Bertz CT molecular complexity index is 501. The highest BCUT2D eigenvalue weighted by Crippen LogP contribution is 2.22. The molecule has 96 valence electrons. The number of ether oxygens (including phenoxy) is 2. The first-order valence-electron chi connectivity index (χ1n) is 5.44. The fraction of sp³-hybridized carbons (Fsp3) is 0.357. The summed E-state index contributed by atoms with van der Waals surface area (Å²) in [6, 6.07) is 4.49. The number of aromatic hydroxyl groups is 1. The number of benzene rings is 1. The molecule has 0 fully saturated rings. The fourth-order valence-corrected chi connectivity index (χ4v) is 1.22. The second-order valence-electron chi connectivity index (χ2n) is 4.64. The van der Waals surface area contributed by atoms with E-state index < -0.39 is 11.6 Å². The summed E-state index contributed by atoms with van der Waals surface area (Å²) >= 11 is 0. The molecule has 18 heavy (non-hydrogen) atoms. The Hall–Kier alpha value is -2.15. The molecule has 1 rings (SSSR count). The smallest absolute Gasteiger partial charge is 0.385 e. The minimum atomic E-state index is -0.618. The van der Waals surface area contributed by atoms with Gasteiger partial charge in [0.05, 0.1) is 12.7 Å². The summed E-state index contributed by atoms with van der Waals surface area (Å²) in [6.45, 7) is 5.30. The van der Waals surface area contributed by atoms with Gasteiger partial charge in [-0.15, -0.1) is 0 Å². The number of hydrogen-bond acceptors (Lipinski definition) is 4. The monoisotopic (exact) mass is 248 g/mol. The van der Waals surface area contributed by atoms with Gasteiger partial charge in [-0.3, -0.25) is 0 Å². The number of methoxy groups -OCH3 is 1. The highest BCUT2D eigenvalue weighted by molar-refractivity contribution is 5.89. The molecule has 0 radical (unpaired) electrons. The van der Waals surface area contributed by atoms with Gasteiger partial charge in [-0.1, -0.05) is 5.92 Å². The van der Waals surface area contributed by atoms with Gasteiger partial charge in [0.2, 0.25) is 0 Å². The summed E-state index contributed by atoms with van der Waals surface area (Å²) in [6.07, 6.45) is 0. The average molecular weight is 248 g/mol. The third-order valence-corrected chi connectivity index (χ3v) is 1.88. The van der Waals surface area contributed by atoms with E-state index in [0.29, 0.717) is 11.3 Å². The SMILES string of the molecule is COc1ccc(O)cc1C#CC(=O)OC(C)(C)C. The van der Waals surface area contributed by atoms with Gasteiger partial charge in [0.25, 0.3) is 0 Å². The lowest BCUT2D eigenvalue weighted by atomic mass is 10.2. The van der Waals surface area contributed by atoms with Crippen LogP contribution >= 0.6 is 0 Å². The minimum Gasteiger partial charge on any atom is -0.508 e. The molecule has 0 aromatic heterocycles. The molecule has 4 heteroatoms. The van der Waals surface area contributed by atoms with Gasteiger partial charge in [-0.2, -0.15) is 0 Å². The molecule has 1 N–H and O–H groups in total. The standard InChI is InChI=1S/C14H16O4/c1-14(2,3)18-13(16)8-5-10-9-11(15)6-7-12(10)17-4/h6-7,9,15H,1-4H3. The molecule has 1 aromatic rings. The number of phenolic OH excluding ortho intramolecular Hbond substituents is 1. The summed E-state index contributed by atoms with van der Waals surface area (Å²) in [5.41, 5.74) is -0.141. The molecule has 0 aliphatic rings. The Morgan fingerprint density at radius 2 is 2.00 bits per heavy atom. The Labute approximate surface area is 107 Å². The quantitative estimate of drug-likeness (QED) is 0.610. The van der Waals surface area contributed by atoms with Crippen LogP contribution in [0.15, 0.2) is 18.2 Å². The molecule has 0 heterocycles. The second-order valence-corrected chi connectivity index (χ2v) is 4.64. The van der Waals surface area contributed by atoms with E-state index in [2.05, 4.69) is 11.8 Å². The molecule has 0 amide bonds. The Morgan fingerprint density at radius 3 is 2.56 bits per heavy atom. The van der Waals surface area contributed by atoms with Crippen molar-refractivity contribution in [1.82, 2.24) is 0 Å². The molecule has 0 aliphatic heterocycles. The molecule has 0 saturated heterocycles. The van der Waals surface area contributed by atoms with E-state index in [1.165, 1.54) is 19.2 Å². The van der Waals surface area contributed by atoms with Gasteiger partial charge in [-0.05, 0) is 39.0 Å². The van der Waals surface area contributed by atoms with Crippen molar-refractivity contribution >= 4 is 5.97 Å². The lowest BCUT2D eigenvalue weighted by Crippen LogP contribution is -2.22. The Balaban J connectivity index is 2.91. The third kappa shape index (κ3) is 4.38. The van der Waals surface area contributed by atoms with Crippen LogP contribution in [0.2, 0.25) is 0 Å². The largest absolute Gasteiger partial charge is 0.508 e. The van der Waals surface area contributed by atoms with Crippen molar-refractivity contribution in [3.63, 3.8) is 0 Å². The molecule has 0 unspecified atom stereocenters. The van der Waals surface area contributed by atoms with Crippen molar-refractivity contribution in [3.8, 4) is 23.3 Å². The Kier molecular flexibility index (Phi) is 4.22. The van der Waals surface area contributed by atoms with E-state index >= 15 is 0 Å². The summed E-state index contributed by atoms with van der Waals surface area (Å²) in [4.78, 5) is 11.4. The first-order valence-corrected chi connectivity index (χ1v) is 5.44. The van der Waals surface area contributed by atoms with Crippen LogP contribution in [0.5, 0.6) is 11.5 Å². The molecular formula is C14H16O4. The van der Waals surface area contributed by atoms with E-state index in [-0.39, 0.29) is 5.75 Å². The predicted molar refractivity (Wildman–Crippen MR) is 67.4 cm³/mol. The van der Waals surface area contributed by atoms with Crippen LogP contribution in [-0.2, 0) is 9.53 Å². The van der Waals surface area contributed by atoms with Crippen LogP contribution in [-0.4, -0.2) is 23.8 Å². The lowest BCUT2D eigenvalue weighted by molar-refractivity contribution is -0.147. The molecule has 0 atom stereocenters. The first-order chi connectivity index (χ1) is 8.31. The molecule has 0 bridgehead atoms. The van der Waals surface area contributed by atoms with Crippen LogP contribution in [0.4, 0.5) is 0 Å². The average Bonchev–Trinajstić information content (AvgIpc) is 2.24. The van der Waals surface area contributed by atoms with E-state index in [1.807, 2.05) is 0 Å². The van der Waals surface area contributed by atoms with Crippen LogP contribution in [0.3, 0.4) is 0 Å². The molecule has 0 saturated carbocycles. The van der Waals surface area contributed by atoms with Crippen molar-refractivity contribution in [2.24, 2.45) is 0 Å². The molecule has 4 nitrogen and oxygen atoms in total. The maximum atomic E-state index is 11.4. The van der Waals surface area contributed by atoms with Crippen LogP contribution in [0.25, 0.3) is 0 Å². The topological polar surface area (TPSA) is 55.8 Å². The van der Waals surface area contributed by atoms with Gasteiger partial charge < -0.3 is 14.6 Å². The highest BCUT2D eigenvalue weighted by atomic mass is 16.6. The minimum absolute atomic E-state index is 0.0595. The van der Waals surface area contributed by atoms with E-state index in [9.17, 15) is 9.90 Å². The van der Waals surface area contributed by atoms with Gasteiger partial charge in [-0.25, -0.2) is 4.79 Å². The maximum Gasteiger partial charge on any atom is 0.385 e. The van der Waals surface area contributed by atoms with Gasteiger partial charge in [0.1, 0.15) is 17.1 Å². The predicted octanol–water partition coefficient (Wildman–Crippen LogP) is 2.09.